The summed E-state index contributed by atoms with van der Waals surface area (Å²) < 4.78 is 5.69. The molecule has 5 heteroatoms. The molecule has 1 N–H and O–H groups in total. The second-order valence-corrected chi connectivity index (χ2v) is 6.67. The molecule has 2 aromatic heterocycles. The highest BCUT2D eigenvalue weighted by molar-refractivity contribution is 7.08. The van der Waals surface area contributed by atoms with Crippen LogP contribution in [0.1, 0.15) is 23.4 Å². The predicted molar refractivity (Wildman–Crippen MR) is 82.4 cm³/mol. The standard InChI is InChI=1S/C16H18N2O2S/c19-16(17-13-9-18-6-3-11(13)4-7-18)15-2-1-14(20-15)12-5-8-21-10-12/h1-2,5,8,10-11,13H,3-4,6-7,9H2,(H,17,19)/t13-/m0/s1. The molecule has 2 bridgehead atoms. The Morgan fingerprint density at radius 1 is 1.29 bits per heavy atom. The minimum Gasteiger partial charge on any atom is -0.451 e. The summed E-state index contributed by atoms with van der Waals surface area (Å²) in [6, 6.07) is 5.91. The van der Waals surface area contributed by atoms with Crippen LogP contribution in [-0.4, -0.2) is 36.5 Å². The normalized spacial score (nSPS) is 27.7. The Balaban J connectivity index is 1.46. The van der Waals surface area contributed by atoms with E-state index in [2.05, 4.69) is 10.2 Å². The first-order chi connectivity index (χ1) is 10.3. The molecule has 3 fully saturated rings. The lowest BCUT2D eigenvalue weighted by atomic mass is 9.84. The molecule has 1 amide bonds. The third-order valence-corrected chi connectivity index (χ3v) is 5.29. The zero-order chi connectivity index (χ0) is 14.2. The van der Waals surface area contributed by atoms with Gasteiger partial charge in [0.2, 0.25) is 0 Å². The SMILES string of the molecule is O=C(N[C@H]1CN2CCC1CC2)c1ccc(-c2ccsc2)o1. The Bertz CT molecular complexity index is 627. The summed E-state index contributed by atoms with van der Waals surface area (Å²) in [5.41, 5.74) is 1.03. The van der Waals surface area contributed by atoms with Crippen LogP contribution in [0, 0.1) is 5.92 Å². The van der Waals surface area contributed by atoms with Crippen LogP contribution >= 0.6 is 11.3 Å². The second-order valence-electron chi connectivity index (χ2n) is 5.89. The van der Waals surface area contributed by atoms with Crippen molar-refractivity contribution in [1.82, 2.24) is 10.2 Å². The Morgan fingerprint density at radius 2 is 2.14 bits per heavy atom. The molecular weight excluding hydrogens is 284 g/mol. The lowest BCUT2D eigenvalue weighted by molar-refractivity contribution is 0.0606. The van der Waals surface area contributed by atoms with Crippen molar-refractivity contribution in [2.75, 3.05) is 19.6 Å². The van der Waals surface area contributed by atoms with Crippen molar-refractivity contribution in [2.24, 2.45) is 5.92 Å². The third kappa shape index (κ3) is 2.51. The lowest BCUT2D eigenvalue weighted by Crippen LogP contribution is -2.57. The highest BCUT2D eigenvalue weighted by atomic mass is 32.1. The largest absolute Gasteiger partial charge is 0.451 e. The van der Waals surface area contributed by atoms with Crippen LogP contribution in [0.5, 0.6) is 0 Å². The van der Waals surface area contributed by atoms with Crippen molar-refractivity contribution in [1.29, 1.82) is 0 Å². The number of thiophene rings is 1. The lowest BCUT2D eigenvalue weighted by Gasteiger charge is -2.44. The average Bonchev–Trinajstić information content (AvgIpc) is 3.20. The van der Waals surface area contributed by atoms with Crippen LogP contribution in [0.4, 0.5) is 0 Å². The molecule has 2 aromatic rings. The van der Waals surface area contributed by atoms with E-state index in [1.165, 1.54) is 25.9 Å². The van der Waals surface area contributed by atoms with Crippen molar-refractivity contribution >= 4 is 17.2 Å². The van der Waals surface area contributed by atoms with Crippen LogP contribution in [0.3, 0.4) is 0 Å². The first kappa shape index (κ1) is 13.1. The van der Waals surface area contributed by atoms with Gasteiger partial charge in [-0.25, -0.2) is 0 Å². The van der Waals surface area contributed by atoms with Gasteiger partial charge in [0, 0.05) is 23.5 Å². The first-order valence-corrected chi connectivity index (χ1v) is 8.39. The van der Waals surface area contributed by atoms with Gasteiger partial charge in [0.25, 0.3) is 5.91 Å². The Hall–Kier alpha value is -1.59. The molecule has 0 unspecified atom stereocenters. The molecule has 0 saturated carbocycles. The molecule has 3 saturated heterocycles. The van der Waals surface area contributed by atoms with E-state index >= 15 is 0 Å². The molecular formula is C16H18N2O2S. The van der Waals surface area contributed by atoms with Crippen LogP contribution in [0.15, 0.2) is 33.4 Å². The third-order valence-electron chi connectivity index (χ3n) is 4.61. The first-order valence-electron chi connectivity index (χ1n) is 7.45. The van der Waals surface area contributed by atoms with Gasteiger partial charge in [-0.3, -0.25) is 4.79 Å². The zero-order valence-corrected chi connectivity index (χ0v) is 12.6. The summed E-state index contributed by atoms with van der Waals surface area (Å²) in [6.07, 6.45) is 2.40. The second kappa shape index (κ2) is 5.31. The number of carbonyl (C=O) groups excluding carboxylic acids is 1. The molecule has 0 aromatic carbocycles. The molecule has 0 radical (unpaired) electrons. The van der Waals surface area contributed by atoms with E-state index in [0.29, 0.717) is 11.7 Å². The number of hydrogen-bond donors (Lipinski definition) is 1. The minimum absolute atomic E-state index is 0.0878. The Kier molecular flexibility index (Phi) is 3.31. The summed E-state index contributed by atoms with van der Waals surface area (Å²) >= 11 is 1.62. The number of rotatable bonds is 3. The fourth-order valence-corrected chi connectivity index (χ4v) is 4.03. The van der Waals surface area contributed by atoms with E-state index < -0.39 is 0 Å². The van der Waals surface area contributed by atoms with Gasteiger partial charge in [0.05, 0.1) is 0 Å². The number of amides is 1. The highest BCUT2D eigenvalue weighted by Gasteiger charge is 2.35. The molecule has 1 atom stereocenters. The predicted octanol–water partition coefficient (Wildman–Crippen LogP) is 2.83. The van der Waals surface area contributed by atoms with Crippen LogP contribution in [0.2, 0.25) is 0 Å². The number of carbonyl (C=O) groups is 1. The Morgan fingerprint density at radius 3 is 2.81 bits per heavy atom. The van der Waals surface area contributed by atoms with E-state index in [0.717, 1.165) is 17.9 Å². The van der Waals surface area contributed by atoms with Gasteiger partial charge < -0.3 is 14.6 Å². The summed E-state index contributed by atoms with van der Waals surface area (Å²) in [4.78, 5) is 14.8. The molecule has 3 aliphatic rings. The van der Waals surface area contributed by atoms with E-state index in [-0.39, 0.29) is 11.9 Å². The smallest absolute Gasteiger partial charge is 0.287 e. The number of hydrogen-bond acceptors (Lipinski definition) is 4. The fraction of sp³-hybridized carbons (Fsp3) is 0.438. The van der Waals surface area contributed by atoms with Gasteiger partial charge >= 0.3 is 0 Å². The van der Waals surface area contributed by atoms with Gasteiger partial charge in [0.15, 0.2) is 5.76 Å². The van der Waals surface area contributed by atoms with Crippen LogP contribution in [-0.2, 0) is 0 Å². The van der Waals surface area contributed by atoms with Gasteiger partial charge in [-0.05, 0) is 55.4 Å². The van der Waals surface area contributed by atoms with Crippen molar-refractivity contribution in [2.45, 2.75) is 18.9 Å². The van der Waals surface area contributed by atoms with Gasteiger partial charge in [-0.15, -0.1) is 0 Å². The molecule has 4 nitrogen and oxygen atoms in total. The molecule has 5 heterocycles. The molecule has 5 rings (SSSR count). The van der Waals surface area contributed by atoms with Crippen LogP contribution in [0.25, 0.3) is 11.3 Å². The van der Waals surface area contributed by atoms with Crippen molar-refractivity contribution in [3.05, 3.63) is 34.7 Å². The maximum Gasteiger partial charge on any atom is 0.287 e. The average molecular weight is 302 g/mol. The number of piperidine rings is 3. The summed E-state index contributed by atoms with van der Waals surface area (Å²) in [7, 11) is 0. The highest BCUT2D eigenvalue weighted by Crippen LogP contribution is 2.28. The van der Waals surface area contributed by atoms with Crippen molar-refractivity contribution in [3.8, 4) is 11.3 Å². The molecule has 3 aliphatic heterocycles. The zero-order valence-electron chi connectivity index (χ0n) is 11.7. The summed E-state index contributed by atoms with van der Waals surface area (Å²) in [6.45, 7) is 3.34. The van der Waals surface area contributed by atoms with E-state index in [1.807, 2.05) is 22.9 Å². The Labute approximate surface area is 127 Å². The molecule has 110 valence electrons. The molecule has 0 spiro atoms. The number of furan rings is 1. The van der Waals surface area contributed by atoms with Gasteiger partial charge in [-0.1, -0.05) is 0 Å². The van der Waals surface area contributed by atoms with E-state index in [4.69, 9.17) is 4.42 Å². The van der Waals surface area contributed by atoms with Gasteiger partial charge in [-0.2, -0.15) is 11.3 Å². The van der Waals surface area contributed by atoms with Crippen molar-refractivity contribution < 1.29 is 9.21 Å². The topological polar surface area (TPSA) is 45.5 Å². The van der Waals surface area contributed by atoms with Crippen LogP contribution < -0.4 is 5.32 Å². The van der Waals surface area contributed by atoms with E-state index in [1.54, 1.807) is 17.4 Å². The molecule has 21 heavy (non-hydrogen) atoms. The molecule has 0 aliphatic carbocycles. The number of nitrogens with zero attached hydrogens (tertiary/aromatic N) is 1. The summed E-state index contributed by atoms with van der Waals surface area (Å²) in [5.74, 6) is 1.71. The number of nitrogens with one attached hydrogen (secondary N) is 1. The quantitative estimate of drug-likeness (QED) is 0.948. The van der Waals surface area contributed by atoms with Crippen molar-refractivity contribution in [3.63, 3.8) is 0 Å². The minimum atomic E-state index is -0.0878. The summed E-state index contributed by atoms with van der Waals surface area (Å²) in [5, 5.41) is 7.18. The maximum atomic E-state index is 12.4. The monoisotopic (exact) mass is 302 g/mol. The van der Waals surface area contributed by atoms with Gasteiger partial charge in [0.1, 0.15) is 5.76 Å². The van der Waals surface area contributed by atoms with E-state index in [9.17, 15) is 4.79 Å². The maximum absolute atomic E-state index is 12.4. The number of fused-ring (bicyclic) bond motifs is 3. The fourth-order valence-electron chi connectivity index (χ4n) is 3.39.